The molecule has 58 heavy (non-hydrogen) atoms. The topological polar surface area (TPSA) is 95.9 Å². The normalized spacial score (nSPS) is 13.0. The average Bonchev–Trinajstić information content (AvgIpc) is 3.22. The molecular weight excluding hydrogens is 719 g/mol. The zero-order chi connectivity index (χ0) is 42.3. The fourth-order valence-electron chi connectivity index (χ4n) is 7.49. The second kappa shape index (κ2) is 47.8. The number of ether oxygens (including phenoxy) is 1. The van der Waals surface area contributed by atoms with Gasteiger partial charge in [0.2, 0.25) is 5.91 Å². The van der Waals surface area contributed by atoms with E-state index in [4.69, 9.17) is 4.74 Å². The molecule has 0 rings (SSSR count). The van der Waals surface area contributed by atoms with Crippen LogP contribution in [0.15, 0.2) is 36.5 Å². The number of allylic oxidation sites excluding steroid dienone is 5. The lowest BCUT2D eigenvalue weighted by Crippen LogP contribution is -2.45. The first-order chi connectivity index (χ1) is 28.5. The van der Waals surface area contributed by atoms with Crippen molar-refractivity contribution < 1.29 is 24.5 Å². The highest BCUT2D eigenvalue weighted by Gasteiger charge is 2.18. The van der Waals surface area contributed by atoms with E-state index in [0.717, 1.165) is 51.4 Å². The number of aliphatic hydroxyl groups excluding tert-OH is 2. The highest BCUT2D eigenvalue weighted by Crippen LogP contribution is 2.16. The second-order valence-corrected chi connectivity index (χ2v) is 17.1. The SMILES string of the molecule is CCC/C=C\C/C=C\CCCCCCCC(=O)OCCCCCCCCCCCCCCCCCCCCC(=O)NC(CO)C(O)/C=C/CCCCCCCCCC. The van der Waals surface area contributed by atoms with Gasteiger partial charge in [-0.05, 0) is 57.8 Å². The van der Waals surface area contributed by atoms with Crippen molar-refractivity contribution in [1.29, 1.82) is 0 Å². The Morgan fingerprint density at radius 3 is 1.38 bits per heavy atom. The quantitative estimate of drug-likeness (QED) is 0.0323. The Labute approximate surface area is 360 Å². The van der Waals surface area contributed by atoms with Crippen molar-refractivity contribution in [3.63, 3.8) is 0 Å². The minimum Gasteiger partial charge on any atom is -0.466 e. The zero-order valence-corrected chi connectivity index (χ0v) is 38.5. The summed E-state index contributed by atoms with van der Waals surface area (Å²) in [6.45, 7) is 4.80. The molecular formula is C52H97NO5. The highest BCUT2D eigenvalue weighted by molar-refractivity contribution is 5.76. The maximum absolute atomic E-state index is 12.4. The first-order valence-electron chi connectivity index (χ1n) is 25.3. The third-order valence-electron chi connectivity index (χ3n) is 11.4. The number of esters is 1. The Morgan fingerprint density at radius 2 is 0.897 bits per heavy atom. The molecule has 2 atom stereocenters. The number of unbranched alkanes of at least 4 members (excludes halogenated alkanes) is 31. The number of hydrogen-bond donors (Lipinski definition) is 3. The van der Waals surface area contributed by atoms with Crippen molar-refractivity contribution in [3.05, 3.63) is 36.5 Å². The molecule has 2 unspecified atom stereocenters. The maximum Gasteiger partial charge on any atom is 0.305 e. The fourth-order valence-corrected chi connectivity index (χ4v) is 7.49. The first-order valence-corrected chi connectivity index (χ1v) is 25.3. The van der Waals surface area contributed by atoms with Crippen molar-refractivity contribution >= 4 is 11.9 Å². The number of aliphatic hydroxyl groups is 2. The number of carbonyl (C=O) groups excluding carboxylic acids is 2. The highest BCUT2D eigenvalue weighted by atomic mass is 16.5. The van der Waals surface area contributed by atoms with E-state index in [1.165, 1.54) is 180 Å². The summed E-state index contributed by atoms with van der Waals surface area (Å²) < 4.78 is 5.45. The Hall–Kier alpha value is -1.92. The molecule has 0 aromatic heterocycles. The van der Waals surface area contributed by atoms with Gasteiger partial charge in [0.25, 0.3) is 0 Å². The van der Waals surface area contributed by atoms with E-state index in [1.807, 2.05) is 6.08 Å². The van der Waals surface area contributed by atoms with Crippen LogP contribution in [0.5, 0.6) is 0 Å². The summed E-state index contributed by atoms with van der Waals surface area (Å²) >= 11 is 0. The standard InChI is InChI=1S/C52H97NO5/c1-3-5-7-9-11-13-15-22-26-30-34-38-42-46-52(57)58-47-43-39-35-31-27-24-21-19-17-16-18-20-23-25-29-33-37-41-45-51(56)53-49(48-54)50(55)44-40-36-32-28-14-12-10-8-6-4-2/h7,9,13,15,40,44,49-50,54-55H,3-6,8,10-12,14,16-39,41-43,45-48H2,1-2H3,(H,53,56)/b9-7-,15-13-,44-40+. The van der Waals surface area contributed by atoms with Gasteiger partial charge in [-0.2, -0.15) is 0 Å². The molecule has 0 aromatic carbocycles. The molecule has 0 saturated heterocycles. The lowest BCUT2D eigenvalue weighted by Gasteiger charge is -2.20. The molecule has 0 aliphatic rings. The van der Waals surface area contributed by atoms with Crippen LogP contribution < -0.4 is 5.32 Å². The first kappa shape index (κ1) is 56.1. The third kappa shape index (κ3) is 43.7. The van der Waals surface area contributed by atoms with Crippen LogP contribution in [0.4, 0.5) is 0 Å². The Kier molecular flexibility index (Phi) is 46.2. The van der Waals surface area contributed by atoms with Crippen LogP contribution in [-0.2, 0) is 14.3 Å². The molecule has 0 spiro atoms. The molecule has 3 N–H and O–H groups in total. The Bertz CT molecular complexity index is 946. The monoisotopic (exact) mass is 816 g/mol. The van der Waals surface area contributed by atoms with Crippen LogP contribution >= 0.6 is 0 Å². The molecule has 0 saturated carbocycles. The smallest absolute Gasteiger partial charge is 0.305 e. The van der Waals surface area contributed by atoms with Crippen LogP contribution in [0.3, 0.4) is 0 Å². The Balaban J connectivity index is 3.42. The molecule has 0 bridgehead atoms. The molecule has 340 valence electrons. The van der Waals surface area contributed by atoms with E-state index in [1.54, 1.807) is 6.08 Å². The summed E-state index contributed by atoms with van der Waals surface area (Å²) in [4.78, 5) is 24.4. The van der Waals surface area contributed by atoms with Gasteiger partial charge in [0.1, 0.15) is 0 Å². The van der Waals surface area contributed by atoms with Crippen LogP contribution in [0.2, 0.25) is 0 Å². The predicted octanol–water partition coefficient (Wildman–Crippen LogP) is 14.9. The average molecular weight is 816 g/mol. The third-order valence-corrected chi connectivity index (χ3v) is 11.4. The minimum absolute atomic E-state index is 0.00978. The molecule has 0 aliphatic carbocycles. The largest absolute Gasteiger partial charge is 0.466 e. The molecule has 0 radical (unpaired) electrons. The molecule has 0 heterocycles. The van der Waals surface area contributed by atoms with E-state index in [2.05, 4.69) is 43.5 Å². The van der Waals surface area contributed by atoms with E-state index in [9.17, 15) is 19.8 Å². The van der Waals surface area contributed by atoms with Gasteiger partial charge in [0, 0.05) is 12.8 Å². The van der Waals surface area contributed by atoms with Gasteiger partial charge in [-0.1, -0.05) is 224 Å². The van der Waals surface area contributed by atoms with Crippen molar-refractivity contribution in [3.8, 4) is 0 Å². The molecule has 0 aromatic rings. The van der Waals surface area contributed by atoms with Gasteiger partial charge >= 0.3 is 5.97 Å². The lowest BCUT2D eigenvalue weighted by atomic mass is 10.0. The van der Waals surface area contributed by atoms with Gasteiger partial charge in [-0.3, -0.25) is 9.59 Å². The number of rotatable bonds is 46. The lowest BCUT2D eigenvalue weighted by molar-refractivity contribution is -0.143. The summed E-state index contributed by atoms with van der Waals surface area (Å²) in [5, 5.41) is 22.9. The number of carbonyl (C=O) groups is 2. The van der Waals surface area contributed by atoms with Crippen molar-refractivity contribution in [2.24, 2.45) is 0 Å². The molecule has 0 aliphatic heterocycles. The summed E-state index contributed by atoms with van der Waals surface area (Å²) in [6, 6.07) is -0.629. The van der Waals surface area contributed by atoms with E-state index in [0.29, 0.717) is 19.4 Å². The van der Waals surface area contributed by atoms with E-state index < -0.39 is 12.1 Å². The molecule has 6 heteroatoms. The van der Waals surface area contributed by atoms with Crippen LogP contribution in [0, 0.1) is 0 Å². The van der Waals surface area contributed by atoms with Gasteiger partial charge in [-0.25, -0.2) is 0 Å². The zero-order valence-electron chi connectivity index (χ0n) is 38.5. The van der Waals surface area contributed by atoms with Crippen molar-refractivity contribution in [1.82, 2.24) is 5.32 Å². The number of amides is 1. The van der Waals surface area contributed by atoms with E-state index in [-0.39, 0.29) is 18.5 Å². The predicted molar refractivity (Wildman–Crippen MR) is 250 cm³/mol. The molecule has 6 nitrogen and oxygen atoms in total. The summed E-state index contributed by atoms with van der Waals surface area (Å²) in [5.41, 5.74) is 0. The van der Waals surface area contributed by atoms with Crippen LogP contribution in [0.25, 0.3) is 0 Å². The van der Waals surface area contributed by atoms with Gasteiger partial charge in [0.15, 0.2) is 0 Å². The van der Waals surface area contributed by atoms with Crippen LogP contribution in [0.1, 0.15) is 258 Å². The van der Waals surface area contributed by atoms with Gasteiger partial charge in [-0.15, -0.1) is 0 Å². The van der Waals surface area contributed by atoms with Gasteiger partial charge < -0.3 is 20.3 Å². The summed E-state index contributed by atoms with van der Waals surface area (Å²) in [5.74, 6) is -0.0850. The number of hydrogen-bond acceptors (Lipinski definition) is 5. The van der Waals surface area contributed by atoms with Crippen molar-refractivity contribution in [2.75, 3.05) is 13.2 Å². The Morgan fingerprint density at radius 1 is 0.483 bits per heavy atom. The maximum atomic E-state index is 12.4. The minimum atomic E-state index is -0.845. The number of nitrogens with one attached hydrogen (secondary N) is 1. The van der Waals surface area contributed by atoms with E-state index >= 15 is 0 Å². The molecule has 0 fully saturated rings. The summed E-state index contributed by atoms with van der Waals surface area (Å²) in [6.07, 6.45) is 57.2. The molecule has 1 amide bonds. The van der Waals surface area contributed by atoms with Crippen molar-refractivity contribution in [2.45, 2.75) is 270 Å². The van der Waals surface area contributed by atoms with Gasteiger partial charge in [0.05, 0.1) is 25.4 Å². The fraction of sp³-hybridized carbons (Fsp3) is 0.846. The second-order valence-electron chi connectivity index (χ2n) is 17.1. The van der Waals surface area contributed by atoms with Crippen LogP contribution in [-0.4, -0.2) is 47.4 Å². The summed E-state index contributed by atoms with van der Waals surface area (Å²) in [7, 11) is 0.